The number of nitrogens with one attached hydrogen (secondary N) is 1. The molecule has 0 aliphatic carbocycles. The third kappa shape index (κ3) is 3.21. The number of oxazole rings is 1. The van der Waals surface area contributed by atoms with Crippen molar-refractivity contribution in [1.29, 1.82) is 5.26 Å². The van der Waals surface area contributed by atoms with E-state index in [1.54, 1.807) is 0 Å². The smallest absolute Gasteiger partial charge is 0.208 e. The van der Waals surface area contributed by atoms with Gasteiger partial charge in [-0.05, 0) is 44.0 Å². The van der Waals surface area contributed by atoms with Gasteiger partial charge in [0.15, 0.2) is 0 Å². The summed E-state index contributed by atoms with van der Waals surface area (Å²) in [4.78, 5) is 4.32. The Morgan fingerprint density at radius 1 is 1.26 bits per heavy atom. The lowest BCUT2D eigenvalue weighted by molar-refractivity contribution is 0.448. The van der Waals surface area contributed by atoms with E-state index in [9.17, 15) is 0 Å². The van der Waals surface area contributed by atoms with Crippen LogP contribution in [0.4, 0.5) is 0 Å². The summed E-state index contributed by atoms with van der Waals surface area (Å²) in [6.45, 7) is 7.20. The minimum atomic E-state index is 0.605. The first-order valence-corrected chi connectivity index (χ1v) is 6.23. The lowest BCUT2D eigenvalue weighted by Crippen LogP contribution is -2.13. The topological polar surface area (TPSA) is 61.9 Å². The standard InChI is InChI=1S/C15H17N3O/c1-10-6-13(7-16)4-5-14(10)8-17-9-15-18-11(2)12(3)19-15/h4-6,17H,8-9H2,1-3H3. The molecule has 1 heterocycles. The van der Waals surface area contributed by atoms with E-state index in [2.05, 4.69) is 16.4 Å². The Morgan fingerprint density at radius 2 is 2.05 bits per heavy atom. The summed E-state index contributed by atoms with van der Waals surface area (Å²) in [5.74, 6) is 1.58. The lowest BCUT2D eigenvalue weighted by Gasteiger charge is -2.06. The minimum absolute atomic E-state index is 0.605. The summed E-state index contributed by atoms with van der Waals surface area (Å²) in [6, 6.07) is 7.86. The largest absolute Gasteiger partial charge is 0.444 e. The predicted molar refractivity (Wildman–Crippen MR) is 72.4 cm³/mol. The third-order valence-corrected chi connectivity index (χ3v) is 3.14. The van der Waals surface area contributed by atoms with Crippen LogP contribution in [0, 0.1) is 32.1 Å². The van der Waals surface area contributed by atoms with Crippen LogP contribution in [0.5, 0.6) is 0 Å². The highest BCUT2D eigenvalue weighted by atomic mass is 16.4. The third-order valence-electron chi connectivity index (χ3n) is 3.14. The quantitative estimate of drug-likeness (QED) is 0.912. The van der Waals surface area contributed by atoms with Crippen LogP contribution < -0.4 is 5.32 Å². The van der Waals surface area contributed by atoms with Gasteiger partial charge in [0.05, 0.1) is 23.9 Å². The number of hydrogen-bond donors (Lipinski definition) is 1. The molecule has 0 unspecified atom stereocenters. The molecule has 4 nitrogen and oxygen atoms in total. The molecule has 0 saturated carbocycles. The fraction of sp³-hybridized carbons (Fsp3) is 0.333. The molecule has 0 bridgehead atoms. The van der Waals surface area contributed by atoms with E-state index in [0.717, 1.165) is 23.6 Å². The van der Waals surface area contributed by atoms with Gasteiger partial charge in [-0.25, -0.2) is 4.98 Å². The van der Waals surface area contributed by atoms with Gasteiger partial charge in [-0.2, -0.15) is 5.26 Å². The maximum absolute atomic E-state index is 8.82. The Balaban J connectivity index is 1.94. The van der Waals surface area contributed by atoms with Crippen LogP contribution >= 0.6 is 0 Å². The van der Waals surface area contributed by atoms with Crippen molar-refractivity contribution in [3.05, 3.63) is 52.2 Å². The highest BCUT2D eigenvalue weighted by Gasteiger charge is 2.05. The second-order valence-electron chi connectivity index (χ2n) is 4.61. The van der Waals surface area contributed by atoms with Gasteiger partial charge in [-0.3, -0.25) is 0 Å². The zero-order valence-electron chi connectivity index (χ0n) is 11.4. The van der Waals surface area contributed by atoms with E-state index in [1.807, 2.05) is 39.0 Å². The first kappa shape index (κ1) is 13.3. The van der Waals surface area contributed by atoms with E-state index in [0.29, 0.717) is 18.0 Å². The normalized spacial score (nSPS) is 10.4. The van der Waals surface area contributed by atoms with Crippen molar-refractivity contribution >= 4 is 0 Å². The number of hydrogen-bond acceptors (Lipinski definition) is 4. The average Bonchev–Trinajstić information content (AvgIpc) is 2.70. The fourth-order valence-corrected chi connectivity index (χ4v) is 1.88. The Bertz CT molecular complexity index is 603. The molecule has 1 N–H and O–H groups in total. The van der Waals surface area contributed by atoms with Crippen molar-refractivity contribution in [2.45, 2.75) is 33.9 Å². The van der Waals surface area contributed by atoms with Crippen molar-refractivity contribution in [3.63, 3.8) is 0 Å². The highest BCUT2D eigenvalue weighted by molar-refractivity contribution is 5.37. The molecule has 0 aliphatic rings. The number of aromatic nitrogens is 1. The maximum Gasteiger partial charge on any atom is 0.208 e. The van der Waals surface area contributed by atoms with Crippen LogP contribution in [0.2, 0.25) is 0 Å². The molecule has 0 atom stereocenters. The number of aryl methyl sites for hydroxylation is 3. The summed E-state index contributed by atoms with van der Waals surface area (Å²) in [5, 5.41) is 12.1. The average molecular weight is 255 g/mol. The Hall–Kier alpha value is -2.12. The zero-order valence-corrected chi connectivity index (χ0v) is 11.4. The van der Waals surface area contributed by atoms with Gasteiger partial charge >= 0.3 is 0 Å². The van der Waals surface area contributed by atoms with E-state index in [-0.39, 0.29) is 0 Å². The van der Waals surface area contributed by atoms with Crippen molar-refractivity contribution in [2.75, 3.05) is 0 Å². The predicted octanol–water partition coefficient (Wildman–Crippen LogP) is 2.76. The molecule has 0 fully saturated rings. The molecule has 0 spiro atoms. The molecule has 19 heavy (non-hydrogen) atoms. The van der Waals surface area contributed by atoms with Gasteiger partial charge in [-0.1, -0.05) is 6.07 Å². The monoisotopic (exact) mass is 255 g/mol. The van der Waals surface area contributed by atoms with Crippen LogP contribution in [0.1, 0.15) is 34.0 Å². The summed E-state index contributed by atoms with van der Waals surface area (Å²) >= 11 is 0. The number of rotatable bonds is 4. The zero-order chi connectivity index (χ0) is 13.8. The van der Waals surface area contributed by atoms with E-state index < -0.39 is 0 Å². The number of nitriles is 1. The molecule has 0 saturated heterocycles. The van der Waals surface area contributed by atoms with Crippen LogP contribution in [-0.4, -0.2) is 4.98 Å². The van der Waals surface area contributed by atoms with Gasteiger partial charge in [0.1, 0.15) is 5.76 Å². The summed E-state index contributed by atoms with van der Waals surface area (Å²) in [7, 11) is 0. The molecule has 4 heteroatoms. The van der Waals surface area contributed by atoms with E-state index in [1.165, 1.54) is 5.56 Å². The van der Waals surface area contributed by atoms with Crippen LogP contribution in [0.25, 0.3) is 0 Å². The lowest BCUT2D eigenvalue weighted by atomic mass is 10.1. The molecule has 2 aromatic rings. The fourth-order valence-electron chi connectivity index (χ4n) is 1.88. The van der Waals surface area contributed by atoms with Crippen LogP contribution in [0.3, 0.4) is 0 Å². The van der Waals surface area contributed by atoms with Crippen LogP contribution in [0.15, 0.2) is 22.6 Å². The van der Waals surface area contributed by atoms with Gasteiger partial charge in [0.2, 0.25) is 5.89 Å². The van der Waals surface area contributed by atoms with Gasteiger partial charge in [0, 0.05) is 6.54 Å². The minimum Gasteiger partial charge on any atom is -0.444 e. The summed E-state index contributed by atoms with van der Waals surface area (Å²) < 4.78 is 5.50. The van der Waals surface area contributed by atoms with Crippen molar-refractivity contribution < 1.29 is 4.42 Å². The summed E-state index contributed by atoms with van der Waals surface area (Å²) in [6.07, 6.45) is 0. The SMILES string of the molecule is Cc1cc(C#N)ccc1CNCc1nc(C)c(C)o1. The Labute approximate surface area is 113 Å². The molecule has 98 valence electrons. The van der Waals surface area contributed by atoms with Crippen molar-refractivity contribution in [1.82, 2.24) is 10.3 Å². The molecule has 1 aromatic heterocycles. The van der Waals surface area contributed by atoms with Crippen molar-refractivity contribution in [3.8, 4) is 6.07 Å². The molecular formula is C15H17N3O. The van der Waals surface area contributed by atoms with Gasteiger partial charge < -0.3 is 9.73 Å². The Kier molecular flexibility index (Phi) is 3.98. The summed E-state index contributed by atoms with van der Waals surface area (Å²) in [5.41, 5.74) is 3.93. The van der Waals surface area contributed by atoms with Crippen LogP contribution in [-0.2, 0) is 13.1 Å². The Morgan fingerprint density at radius 3 is 2.63 bits per heavy atom. The van der Waals surface area contributed by atoms with Gasteiger partial charge in [0.25, 0.3) is 0 Å². The first-order valence-electron chi connectivity index (χ1n) is 6.23. The van der Waals surface area contributed by atoms with E-state index in [4.69, 9.17) is 9.68 Å². The first-order chi connectivity index (χ1) is 9.10. The molecular weight excluding hydrogens is 238 g/mol. The number of nitrogens with zero attached hydrogens (tertiary/aromatic N) is 2. The highest BCUT2D eigenvalue weighted by Crippen LogP contribution is 2.11. The van der Waals surface area contributed by atoms with Gasteiger partial charge in [-0.15, -0.1) is 0 Å². The van der Waals surface area contributed by atoms with Crippen molar-refractivity contribution in [2.24, 2.45) is 0 Å². The molecule has 0 aliphatic heterocycles. The maximum atomic E-state index is 8.82. The second-order valence-corrected chi connectivity index (χ2v) is 4.61. The number of benzene rings is 1. The second kappa shape index (κ2) is 5.68. The molecule has 0 amide bonds. The molecule has 1 aromatic carbocycles. The molecule has 0 radical (unpaired) electrons. The molecule has 2 rings (SSSR count). The van der Waals surface area contributed by atoms with E-state index >= 15 is 0 Å².